The van der Waals surface area contributed by atoms with Gasteiger partial charge in [-0.15, -0.1) is 0 Å². The summed E-state index contributed by atoms with van der Waals surface area (Å²) in [5.41, 5.74) is 6.43. The molecule has 0 N–H and O–H groups in total. The molecule has 0 saturated heterocycles. The molecule has 29 heavy (non-hydrogen) atoms. The average molecular weight is 380 g/mol. The number of aryl methyl sites for hydroxylation is 2. The van der Waals surface area contributed by atoms with Crippen molar-refractivity contribution in [1.82, 2.24) is 4.98 Å². The molecule has 4 nitrogen and oxygen atoms in total. The molecule has 0 aliphatic carbocycles. The maximum absolute atomic E-state index is 6.15. The lowest BCUT2D eigenvalue weighted by Crippen LogP contribution is -2.50. The number of furan rings is 1. The van der Waals surface area contributed by atoms with Gasteiger partial charge in [0.05, 0.1) is 13.2 Å². The molecule has 4 heterocycles. The van der Waals surface area contributed by atoms with Crippen molar-refractivity contribution in [2.24, 2.45) is 7.05 Å². The monoisotopic (exact) mass is 380 g/mol. The highest BCUT2D eigenvalue weighted by molar-refractivity contribution is 6.77. The molecular formula is C24H23BN3O+. The fraction of sp³-hybridized carbons (Fsp3) is 0.167. The maximum atomic E-state index is 6.15. The summed E-state index contributed by atoms with van der Waals surface area (Å²) in [6.07, 6.45) is 3.98. The van der Waals surface area contributed by atoms with E-state index in [0.717, 1.165) is 27.5 Å². The second kappa shape index (κ2) is 6.62. The van der Waals surface area contributed by atoms with E-state index in [1.807, 2.05) is 6.07 Å². The summed E-state index contributed by atoms with van der Waals surface area (Å²) in [4.78, 5) is 6.75. The lowest BCUT2D eigenvalue weighted by atomic mass is 9.60. The summed E-state index contributed by atoms with van der Waals surface area (Å²) in [6.45, 7) is 6.72. The predicted octanol–water partition coefficient (Wildman–Crippen LogP) is 3.22. The van der Waals surface area contributed by atoms with E-state index in [1.165, 1.54) is 16.7 Å². The van der Waals surface area contributed by atoms with Gasteiger partial charge >= 0.3 is 6.85 Å². The Morgan fingerprint density at radius 2 is 1.86 bits per heavy atom. The van der Waals surface area contributed by atoms with Crippen LogP contribution in [0.3, 0.4) is 0 Å². The fourth-order valence-electron chi connectivity index (χ4n) is 4.44. The molecule has 0 spiro atoms. The first-order chi connectivity index (χ1) is 14.0. The smallest absolute Gasteiger partial charge is 0.402 e. The van der Waals surface area contributed by atoms with Gasteiger partial charge in [0, 0.05) is 22.9 Å². The minimum absolute atomic E-state index is 0.195. The van der Waals surface area contributed by atoms with Crippen molar-refractivity contribution in [3.8, 4) is 11.1 Å². The van der Waals surface area contributed by atoms with Gasteiger partial charge in [-0.05, 0) is 49.5 Å². The van der Waals surface area contributed by atoms with Crippen molar-refractivity contribution in [1.29, 1.82) is 0 Å². The highest BCUT2D eigenvalue weighted by Crippen LogP contribution is 2.28. The van der Waals surface area contributed by atoms with Crippen LogP contribution in [-0.2, 0) is 7.05 Å². The molecule has 142 valence electrons. The molecular weight excluding hydrogens is 357 g/mol. The zero-order valence-electron chi connectivity index (χ0n) is 17.2. The Morgan fingerprint density at radius 3 is 2.66 bits per heavy atom. The Morgan fingerprint density at radius 1 is 1.07 bits per heavy atom. The molecule has 1 aliphatic heterocycles. The zero-order valence-corrected chi connectivity index (χ0v) is 17.2. The molecule has 1 aliphatic rings. The summed E-state index contributed by atoms with van der Waals surface area (Å²) in [7, 11) is 2.10. The summed E-state index contributed by atoms with van der Waals surface area (Å²) in [6, 6.07) is 16.9. The van der Waals surface area contributed by atoms with Crippen LogP contribution >= 0.6 is 0 Å². The minimum Gasteiger partial charge on any atom is -0.434 e. The van der Waals surface area contributed by atoms with Crippen LogP contribution in [0.4, 0.5) is 5.82 Å². The van der Waals surface area contributed by atoms with Gasteiger partial charge in [-0.2, -0.15) is 0 Å². The standard InChI is InChI=1S/C24H23BN3O/c1-16-15-27(4)22(13-20(16)18-9-6-5-7-10-18)28-17(2)23-21(14-25(28)3)19-11-8-12-26-24(19)29-23/h5-15H,1-4H3/q+1. The van der Waals surface area contributed by atoms with Gasteiger partial charge in [0.15, 0.2) is 5.42 Å². The van der Waals surface area contributed by atoms with Gasteiger partial charge in [0.2, 0.25) is 5.71 Å². The van der Waals surface area contributed by atoms with E-state index in [2.05, 4.69) is 96.7 Å². The number of anilines is 1. The number of pyridine rings is 2. The van der Waals surface area contributed by atoms with Gasteiger partial charge in [-0.1, -0.05) is 36.3 Å². The van der Waals surface area contributed by atoms with Crippen LogP contribution < -0.4 is 20.0 Å². The Hall–Kier alpha value is -3.34. The minimum atomic E-state index is 0.195. The number of nitrogens with zero attached hydrogens (tertiary/aromatic N) is 3. The summed E-state index contributed by atoms with van der Waals surface area (Å²) >= 11 is 0. The topological polar surface area (TPSA) is 33.2 Å². The molecule has 0 unspecified atom stereocenters. The molecule has 0 fully saturated rings. The third-order valence-electron chi connectivity index (χ3n) is 5.79. The number of hydrogen-bond donors (Lipinski definition) is 0. The predicted molar refractivity (Wildman–Crippen MR) is 119 cm³/mol. The Balaban J connectivity index is 1.74. The molecule has 0 amide bonds. The van der Waals surface area contributed by atoms with Gasteiger partial charge < -0.3 is 4.42 Å². The quantitative estimate of drug-likeness (QED) is 0.396. The Kier molecular flexibility index (Phi) is 4.05. The van der Waals surface area contributed by atoms with Gasteiger partial charge in [0.1, 0.15) is 5.70 Å². The molecule has 5 rings (SSSR count). The Bertz CT molecular complexity index is 1360. The van der Waals surface area contributed by atoms with Crippen LogP contribution in [0.2, 0.25) is 6.82 Å². The van der Waals surface area contributed by atoms with E-state index >= 15 is 0 Å². The number of rotatable bonds is 2. The van der Waals surface area contributed by atoms with Crippen LogP contribution in [0, 0.1) is 6.92 Å². The van der Waals surface area contributed by atoms with Crippen molar-refractivity contribution in [3.63, 3.8) is 0 Å². The van der Waals surface area contributed by atoms with Crippen molar-refractivity contribution in [2.45, 2.75) is 20.7 Å². The van der Waals surface area contributed by atoms with Gasteiger partial charge in [0.25, 0.3) is 5.82 Å². The number of aromatic nitrogens is 2. The average Bonchev–Trinajstić information content (AvgIpc) is 3.09. The molecule has 5 heteroatoms. The van der Waals surface area contributed by atoms with Crippen molar-refractivity contribution in [3.05, 3.63) is 77.1 Å². The van der Waals surface area contributed by atoms with Gasteiger partial charge in [-0.25, -0.2) is 9.55 Å². The van der Waals surface area contributed by atoms with E-state index in [1.54, 1.807) is 6.20 Å². The van der Waals surface area contributed by atoms with E-state index in [9.17, 15) is 0 Å². The normalized spacial score (nSPS) is 13.6. The number of hydrogen-bond acceptors (Lipinski definition) is 3. The fourth-order valence-corrected chi connectivity index (χ4v) is 4.44. The van der Waals surface area contributed by atoms with Crippen LogP contribution in [0.25, 0.3) is 33.9 Å². The van der Waals surface area contributed by atoms with Crippen LogP contribution in [0.5, 0.6) is 0 Å². The second-order valence-corrected chi connectivity index (χ2v) is 7.77. The number of fused-ring (bicyclic) bond motifs is 3. The molecule has 0 atom stereocenters. The molecule has 3 aromatic heterocycles. The summed E-state index contributed by atoms with van der Waals surface area (Å²) < 4.78 is 8.35. The third-order valence-corrected chi connectivity index (χ3v) is 5.79. The molecule has 4 aromatic rings. The highest BCUT2D eigenvalue weighted by Gasteiger charge is 2.34. The van der Waals surface area contributed by atoms with E-state index in [0.29, 0.717) is 5.71 Å². The van der Waals surface area contributed by atoms with E-state index in [4.69, 9.17) is 4.42 Å². The van der Waals surface area contributed by atoms with E-state index < -0.39 is 0 Å². The Labute approximate surface area is 170 Å². The first-order valence-corrected chi connectivity index (χ1v) is 9.96. The molecule has 1 aromatic carbocycles. The lowest BCUT2D eigenvalue weighted by Gasteiger charge is -2.24. The van der Waals surface area contributed by atoms with Crippen molar-refractivity contribution < 1.29 is 8.98 Å². The first kappa shape index (κ1) is 17.7. The SMILES string of the molecule is CB1C=c2c(oc3ncccc23)=C(C)N1c1cc(-c2ccccc2)c(C)c[n+]1C. The molecule has 0 saturated carbocycles. The van der Waals surface area contributed by atoms with Crippen LogP contribution in [0.15, 0.2) is 65.3 Å². The first-order valence-electron chi connectivity index (χ1n) is 9.96. The summed E-state index contributed by atoms with van der Waals surface area (Å²) in [5.74, 6) is 3.41. The van der Waals surface area contributed by atoms with Crippen LogP contribution in [-0.4, -0.2) is 11.8 Å². The van der Waals surface area contributed by atoms with Crippen LogP contribution in [0.1, 0.15) is 12.5 Å². The lowest BCUT2D eigenvalue weighted by molar-refractivity contribution is -0.658. The van der Waals surface area contributed by atoms with Crippen molar-refractivity contribution in [2.75, 3.05) is 4.81 Å². The number of benzene rings is 1. The largest absolute Gasteiger partial charge is 0.434 e. The third kappa shape index (κ3) is 2.77. The summed E-state index contributed by atoms with van der Waals surface area (Å²) in [5, 5.41) is 2.22. The highest BCUT2D eigenvalue weighted by atomic mass is 16.3. The van der Waals surface area contributed by atoms with Crippen molar-refractivity contribution >= 4 is 35.4 Å². The second-order valence-electron chi connectivity index (χ2n) is 7.77. The maximum Gasteiger partial charge on any atom is 0.402 e. The van der Waals surface area contributed by atoms with E-state index in [-0.39, 0.29) is 6.85 Å². The molecule has 0 bridgehead atoms. The molecule has 0 radical (unpaired) electrons. The van der Waals surface area contributed by atoms with Gasteiger partial charge in [-0.3, -0.25) is 4.81 Å². The zero-order chi connectivity index (χ0) is 20.1.